The molecule has 7 nitrogen and oxygen atoms in total. The number of aromatic nitrogens is 3. The van der Waals surface area contributed by atoms with E-state index in [1.165, 1.54) is 4.31 Å². The number of nitrogens with zero attached hydrogens (tertiary/aromatic N) is 5. The molecule has 0 N–H and O–H groups in total. The van der Waals surface area contributed by atoms with E-state index in [1.807, 2.05) is 16.8 Å². The van der Waals surface area contributed by atoms with E-state index in [1.54, 1.807) is 30.8 Å². The Morgan fingerprint density at radius 2 is 2.04 bits per heavy atom. The predicted molar refractivity (Wildman–Crippen MR) is 102 cm³/mol. The fourth-order valence-corrected chi connectivity index (χ4v) is 4.66. The summed E-state index contributed by atoms with van der Waals surface area (Å²) in [5.41, 5.74) is 3.09. The van der Waals surface area contributed by atoms with Gasteiger partial charge in [0, 0.05) is 45.6 Å². The molecule has 0 bridgehead atoms. The molecule has 3 heterocycles. The van der Waals surface area contributed by atoms with Gasteiger partial charge in [-0.05, 0) is 50.3 Å². The Morgan fingerprint density at radius 1 is 1.27 bits per heavy atom. The molecule has 1 aliphatic rings. The molecule has 0 saturated carbocycles. The molecular weight excluding hydrogens is 350 g/mol. The van der Waals surface area contributed by atoms with E-state index < -0.39 is 10.2 Å². The normalized spacial score (nSPS) is 18.9. The van der Waals surface area contributed by atoms with Gasteiger partial charge in [0.25, 0.3) is 10.2 Å². The Labute approximate surface area is 155 Å². The first-order valence-corrected chi connectivity index (χ1v) is 10.4. The SMILES string of the molecule is CC(C)n1nccc1-c1ncccc1CC1CCN(S(=O)(=O)N(C)C)C1. The maximum Gasteiger partial charge on any atom is 0.281 e. The third-order valence-electron chi connectivity index (χ3n) is 4.84. The van der Waals surface area contributed by atoms with E-state index >= 15 is 0 Å². The second kappa shape index (κ2) is 7.46. The summed E-state index contributed by atoms with van der Waals surface area (Å²) >= 11 is 0. The molecule has 0 aliphatic carbocycles. The lowest BCUT2D eigenvalue weighted by atomic mass is 9.96. The van der Waals surface area contributed by atoms with Gasteiger partial charge in [-0.3, -0.25) is 9.67 Å². The summed E-state index contributed by atoms with van der Waals surface area (Å²) in [6, 6.07) is 6.27. The Balaban J connectivity index is 1.81. The molecule has 2 aromatic rings. The van der Waals surface area contributed by atoms with Gasteiger partial charge >= 0.3 is 0 Å². The number of rotatable bonds is 6. The summed E-state index contributed by atoms with van der Waals surface area (Å²) in [5, 5.41) is 4.41. The van der Waals surface area contributed by atoms with Crippen LogP contribution in [0.25, 0.3) is 11.4 Å². The minimum absolute atomic E-state index is 0.252. The summed E-state index contributed by atoms with van der Waals surface area (Å²) in [5.74, 6) is 0.295. The summed E-state index contributed by atoms with van der Waals surface area (Å²) in [6.07, 6.45) is 5.28. The zero-order valence-electron chi connectivity index (χ0n) is 15.8. The third kappa shape index (κ3) is 3.67. The smallest absolute Gasteiger partial charge is 0.261 e. The van der Waals surface area contributed by atoms with Gasteiger partial charge in [-0.15, -0.1) is 0 Å². The van der Waals surface area contributed by atoms with Gasteiger partial charge in [0.05, 0.1) is 11.4 Å². The van der Waals surface area contributed by atoms with Crippen LogP contribution in [0.2, 0.25) is 0 Å². The minimum Gasteiger partial charge on any atom is -0.261 e. The molecule has 26 heavy (non-hydrogen) atoms. The molecule has 1 saturated heterocycles. The summed E-state index contributed by atoms with van der Waals surface area (Å²) in [6.45, 7) is 5.32. The van der Waals surface area contributed by atoms with Crippen LogP contribution in [0.1, 0.15) is 31.9 Å². The van der Waals surface area contributed by atoms with Crippen molar-refractivity contribution in [2.45, 2.75) is 32.7 Å². The second-order valence-electron chi connectivity index (χ2n) is 7.27. The standard InChI is InChI=1S/C18H27N5O2S/c1-14(2)23-17(7-10-20-23)18-16(6-5-9-19-18)12-15-8-11-22(13-15)26(24,25)21(3)4/h5-7,9-10,14-15H,8,11-13H2,1-4H3. The average molecular weight is 378 g/mol. The molecular formula is C18H27N5O2S. The van der Waals surface area contributed by atoms with Crippen LogP contribution in [0, 0.1) is 5.92 Å². The Kier molecular flexibility index (Phi) is 5.45. The largest absolute Gasteiger partial charge is 0.281 e. The van der Waals surface area contributed by atoms with Crippen LogP contribution in [-0.4, -0.2) is 59.0 Å². The summed E-state index contributed by atoms with van der Waals surface area (Å²) in [7, 11) is -0.180. The van der Waals surface area contributed by atoms with Crippen LogP contribution >= 0.6 is 0 Å². The van der Waals surface area contributed by atoms with E-state index in [4.69, 9.17) is 0 Å². The van der Waals surface area contributed by atoms with Gasteiger partial charge in [-0.1, -0.05) is 6.07 Å². The van der Waals surface area contributed by atoms with Crippen molar-refractivity contribution in [1.82, 2.24) is 23.4 Å². The topological polar surface area (TPSA) is 71.3 Å². The van der Waals surface area contributed by atoms with E-state index in [-0.39, 0.29) is 6.04 Å². The van der Waals surface area contributed by atoms with Crippen molar-refractivity contribution in [3.63, 3.8) is 0 Å². The quantitative estimate of drug-likeness (QED) is 0.774. The lowest BCUT2D eigenvalue weighted by Gasteiger charge is -2.21. The lowest BCUT2D eigenvalue weighted by molar-refractivity contribution is 0.409. The van der Waals surface area contributed by atoms with Crippen molar-refractivity contribution in [3.05, 3.63) is 36.2 Å². The van der Waals surface area contributed by atoms with Crippen LogP contribution in [0.5, 0.6) is 0 Å². The number of hydrogen-bond donors (Lipinski definition) is 0. The van der Waals surface area contributed by atoms with Crippen LogP contribution in [-0.2, 0) is 16.6 Å². The van der Waals surface area contributed by atoms with Crippen molar-refractivity contribution < 1.29 is 8.42 Å². The molecule has 1 aliphatic heterocycles. The first-order chi connectivity index (χ1) is 12.3. The molecule has 142 valence electrons. The first kappa shape index (κ1) is 19.0. The average Bonchev–Trinajstić information content (AvgIpc) is 3.24. The fraction of sp³-hybridized carbons (Fsp3) is 0.556. The van der Waals surface area contributed by atoms with Gasteiger partial charge in [-0.2, -0.15) is 22.1 Å². The summed E-state index contributed by atoms with van der Waals surface area (Å²) in [4.78, 5) is 4.60. The van der Waals surface area contributed by atoms with Crippen molar-refractivity contribution in [1.29, 1.82) is 0 Å². The highest BCUT2D eigenvalue weighted by Crippen LogP contribution is 2.29. The highest BCUT2D eigenvalue weighted by molar-refractivity contribution is 7.86. The van der Waals surface area contributed by atoms with Crippen LogP contribution < -0.4 is 0 Å². The second-order valence-corrected chi connectivity index (χ2v) is 9.42. The van der Waals surface area contributed by atoms with E-state index in [9.17, 15) is 8.42 Å². The molecule has 0 radical (unpaired) electrons. The highest BCUT2D eigenvalue weighted by atomic mass is 32.2. The maximum absolute atomic E-state index is 12.3. The van der Waals surface area contributed by atoms with Crippen molar-refractivity contribution >= 4 is 10.2 Å². The zero-order valence-corrected chi connectivity index (χ0v) is 16.6. The molecule has 1 fully saturated rings. The van der Waals surface area contributed by atoms with Crippen molar-refractivity contribution in [2.24, 2.45) is 5.92 Å². The number of pyridine rings is 1. The molecule has 8 heteroatoms. The monoisotopic (exact) mass is 377 g/mol. The van der Waals surface area contributed by atoms with Gasteiger partial charge < -0.3 is 0 Å². The van der Waals surface area contributed by atoms with Gasteiger partial charge in [0.1, 0.15) is 0 Å². The van der Waals surface area contributed by atoms with E-state index in [0.29, 0.717) is 19.0 Å². The van der Waals surface area contributed by atoms with Crippen molar-refractivity contribution in [2.75, 3.05) is 27.2 Å². The predicted octanol–water partition coefficient (Wildman–Crippen LogP) is 2.20. The Hall–Kier alpha value is -1.77. The Morgan fingerprint density at radius 3 is 2.73 bits per heavy atom. The van der Waals surface area contributed by atoms with Gasteiger partial charge in [0.15, 0.2) is 0 Å². The van der Waals surface area contributed by atoms with Gasteiger partial charge in [-0.25, -0.2) is 0 Å². The minimum atomic E-state index is -3.34. The van der Waals surface area contributed by atoms with Gasteiger partial charge in [0.2, 0.25) is 0 Å². The molecule has 3 rings (SSSR count). The van der Waals surface area contributed by atoms with Crippen LogP contribution in [0.3, 0.4) is 0 Å². The molecule has 1 unspecified atom stereocenters. The zero-order chi connectivity index (χ0) is 18.9. The molecule has 1 atom stereocenters. The third-order valence-corrected chi connectivity index (χ3v) is 6.75. The lowest BCUT2D eigenvalue weighted by Crippen LogP contribution is -2.38. The van der Waals surface area contributed by atoms with Crippen LogP contribution in [0.15, 0.2) is 30.6 Å². The number of hydrogen-bond acceptors (Lipinski definition) is 4. The van der Waals surface area contributed by atoms with Crippen molar-refractivity contribution in [3.8, 4) is 11.4 Å². The molecule has 0 aromatic carbocycles. The van der Waals surface area contributed by atoms with E-state index in [0.717, 1.165) is 29.8 Å². The Bertz CT molecular complexity index is 860. The molecule has 0 amide bonds. The van der Waals surface area contributed by atoms with Crippen LogP contribution in [0.4, 0.5) is 0 Å². The summed E-state index contributed by atoms with van der Waals surface area (Å²) < 4.78 is 29.5. The fourth-order valence-electron chi connectivity index (χ4n) is 3.46. The van der Waals surface area contributed by atoms with E-state index in [2.05, 4.69) is 30.0 Å². The highest BCUT2D eigenvalue weighted by Gasteiger charge is 2.33. The molecule has 2 aromatic heterocycles. The maximum atomic E-state index is 12.3. The first-order valence-electron chi connectivity index (χ1n) is 8.96. The molecule has 0 spiro atoms.